The number of rotatable bonds is 12. The van der Waals surface area contributed by atoms with Crippen molar-refractivity contribution < 1.29 is 19.4 Å². The topological polar surface area (TPSA) is 55.8 Å². The second-order valence-corrected chi connectivity index (χ2v) is 11.4. The summed E-state index contributed by atoms with van der Waals surface area (Å²) in [5, 5.41) is 8.84. The van der Waals surface area contributed by atoms with E-state index in [9.17, 15) is 4.79 Å². The van der Waals surface area contributed by atoms with Crippen LogP contribution in [0.1, 0.15) is 122 Å². The predicted octanol–water partition coefficient (Wildman–Crippen LogP) is 6.83. The molecule has 3 rings (SSSR count). The fourth-order valence-corrected chi connectivity index (χ4v) is 6.77. The lowest BCUT2D eigenvalue weighted by atomic mass is 9.68. The molecule has 0 heterocycles. The first-order chi connectivity index (χ1) is 16.6. The predicted molar refractivity (Wildman–Crippen MR) is 137 cm³/mol. The van der Waals surface area contributed by atoms with Crippen molar-refractivity contribution in [3.05, 3.63) is 0 Å². The molecular weight excluding hydrogens is 424 g/mol. The molecule has 0 aliphatic heterocycles. The van der Waals surface area contributed by atoms with Gasteiger partial charge in [-0.15, -0.1) is 6.42 Å². The van der Waals surface area contributed by atoms with Crippen LogP contribution in [-0.4, -0.2) is 36.0 Å². The number of aliphatic hydroxyl groups excluding tert-OH is 1. The summed E-state index contributed by atoms with van der Waals surface area (Å²) in [6.45, 7) is 3.37. The van der Waals surface area contributed by atoms with E-state index in [4.69, 9.17) is 21.0 Å². The first-order valence-corrected chi connectivity index (χ1v) is 14.5. The second kappa shape index (κ2) is 14.5. The van der Waals surface area contributed by atoms with Crippen molar-refractivity contribution in [2.75, 3.05) is 13.2 Å². The number of ether oxygens (including phenoxy) is 2. The van der Waals surface area contributed by atoms with Crippen LogP contribution in [0, 0.1) is 36.0 Å². The summed E-state index contributed by atoms with van der Waals surface area (Å²) in [6, 6.07) is 0. The number of carbonyl (C=O) groups excluding carboxylic acids is 1. The monoisotopic (exact) mass is 474 g/mol. The molecule has 0 amide bonds. The van der Waals surface area contributed by atoms with Gasteiger partial charge in [-0.25, -0.2) is 0 Å². The standard InChI is InChI=1S/C30H50O4/c1-3-9-24-10-12-25(13-11-24)26-18-20-30(4-2,21-19-26)34-29(32)27-14-16-28(17-15-27)33-23-8-6-5-7-22-31/h2,24-28,31H,3,5-23H2,1H3. The van der Waals surface area contributed by atoms with Crippen molar-refractivity contribution in [2.45, 2.75) is 134 Å². The molecule has 0 bridgehead atoms. The number of carbonyl (C=O) groups is 1. The largest absolute Gasteiger partial charge is 0.446 e. The van der Waals surface area contributed by atoms with E-state index >= 15 is 0 Å². The molecule has 34 heavy (non-hydrogen) atoms. The molecule has 1 N–H and O–H groups in total. The van der Waals surface area contributed by atoms with E-state index < -0.39 is 5.60 Å². The van der Waals surface area contributed by atoms with Crippen LogP contribution in [0.15, 0.2) is 0 Å². The molecule has 4 heteroatoms. The molecule has 3 aliphatic rings. The third-order valence-electron chi connectivity index (χ3n) is 9.07. The lowest BCUT2D eigenvalue weighted by Gasteiger charge is -2.41. The summed E-state index contributed by atoms with van der Waals surface area (Å²) in [4.78, 5) is 13.0. The zero-order valence-electron chi connectivity index (χ0n) is 21.8. The average molecular weight is 475 g/mol. The van der Waals surface area contributed by atoms with E-state index in [-0.39, 0.29) is 24.6 Å². The third-order valence-corrected chi connectivity index (χ3v) is 9.07. The van der Waals surface area contributed by atoms with E-state index in [1.807, 2.05) is 0 Å². The van der Waals surface area contributed by atoms with E-state index in [0.717, 1.165) is 101 Å². The van der Waals surface area contributed by atoms with Crippen LogP contribution < -0.4 is 0 Å². The Morgan fingerprint density at radius 3 is 2.18 bits per heavy atom. The highest BCUT2D eigenvalue weighted by molar-refractivity contribution is 5.73. The molecule has 3 aliphatic carbocycles. The zero-order chi connectivity index (χ0) is 24.2. The Hall–Kier alpha value is -1.05. The van der Waals surface area contributed by atoms with Crippen molar-refractivity contribution in [1.29, 1.82) is 0 Å². The van der Waals surface area contributed by atoms with Crippen molar-refractivity contribution >= 4 is 5.97 Å². The van der Waals surface area contributed by atoms with E-state index in [2.05, 4.69) is 12.8 Å². The van der Waals surface area contributed by atoms with Crippen molar-refractivity contribution in [1.82, 2.24) is 0 Å². The summed E-state index contributed by atoms with van der Waals surface area (Å²) in [5.41, 5.74) is -0.672. The number of esters is 1. The van der Waals surface area contributed by atoms with Crippen molar-refractivity contribution in [2.24, 2.45) is 23.7 Å². The Morgan fingerprint density at radius 2 is 1.56 bits per heavy atom. The maximum atomic E-state index is 13.0. The minimum atomic E-state index is -0.672. The van der Waals surface area contributed by atoms with Crippen LogP contribution in [0.5, 0.6) is 0 Å². The Labute approximate surface area is 208 Å². The molecule has 0 unspecified atom stereocenters. The molecule has 0 aromatic heterocycles. The Balaban J connectivity index is 1.35. The average Bonchev–Trinajstić information content (AvgIpc) is 2.87. The molecule has 3 fully saturated rings. The van der Waals surface area contributed by atoms with Crippen LogP contribution >= 0.6 is 0 Å². The normalized spacial score (nSPS) is 34.3. The molecule has 0 aromatic rings. The van der Waals surface area contributed by atoms with E-state index in [0.29, 0.717) is 0 Å². The highest BCUT2D eigenvalue weighted by atomic mass is 16.6. The second-order valence-electron chi connectivity index (χ2n) is 11.4. The van der Waals surface area contributed by atoms with Crippen molar-refractivity contribution in [3.8, 4) is 12.3 Å². The lowest BCUT2D eigenvalue weighted by molar-refractivity contribution is -0.165. The quantitative estimate of drug-likeness (QED) is 0.191. The maximum absolute atomic E-state index is 13.0. The molecule has 0 radical (unpaired) electrons. The van der Waals surface area contributed by atoms with Crippen LogP contribution in [0.2, 0.25) is 0 Å². The van der Waals surface area contributed by atoms with Gasteiger partial charge in [-0.05, 0) is 94.8 Å². The SMILES string of the molecule is C#CC1(OC(=O)C2CCC(OCCCCCCO)CC2)CCC(C2CCC(CCC)CC2)CC1. The maximum Gasteiger partial charge on any atom is 0.310 e. The minimum absolute atomic E-state index is 0.0267. The summed E-state index contributed by atoms with van der Waals surface area (Å²) < 4.78 is 12.1. The summed E-state index contributed by atoms with van der Waals surface area (Å²) in [7, 11) is 0. The van der Waals surface area contributed by atoms with Gasteiger partial charge in [-0.1, -0.05) is 51.4 Å². The smallest absolute Gasteiger partial charge is 0.310 e. The minimum Gasteiger partial charge on any atom is -0.446 e. The fourth-order valence-electron chi connectivity index (χ4n) is 6.77. The highest BCUT2D eigenvalue weighted by Gasteiger charge is 2.41. The molecular formula is C30H50O4. The Kier molecular flexibility index (Phi) is 11.7. The first-order valence-electron chi connectivity index (χ1n) is 14.5. The van der Waals surface area contributed by atoms with Crippen LogP contribution in [0.3, 0.4) is 0 Å². The highest BCUT2D eigenvalue weighted by Crippen LogP contribution is 2.44. The molecule has 3 saturated carbocycles. The van der Waals surface area contributed by atoms with Gasteiger partial charge in [0.05, 0.1) is 12.0 Å². The Bertz CT molecular complexity index is 614. The van der Waals surface area contributed by atoms with Gasteiger partial charge in [0, 0.05) is 13.2 Å². The molecule has 0 atom stereocenters. The van der Waals surface area contributed by atoms with Gasteiger partial charge in [0.25, 0.3) is 0 Å². The molecule has 0 saturated heterocycles. The Morgan fingerprint density at radius 1 is 0.912 bits per heavy atom. The number of aliphatic hydroxyl groups is 1. The third kappa shape index (κ3) is 8.27. The summed E-state index contributed by atoms with van der Waals surface area (Å²) in [5.74, 6) is 5.38. The first kappa shape index (κ1) is 27.5. The number of terminal acetylenes is 1. The molecule has 0 aromatic carbocycles. The zero-order valence-corrected chi connectivity index (χ0v) is 21.8. The summed E-state index contributed by atoms with van der Waals surface area (Å²) in [6.07, 6.45) is 26.1. The van der Waals surface area contributed by atoms with Gasteiger partial charge in [-0.2, -0.15) is 0 Å². The van der Waals surface area contributed by atoms with Gasteiger partial charge >= 0.3 is 5.97 Å². The van der Waals surface area contributed by atoms with Gasteiger partial charge in [0.2, 0.25) is 0 Å². The van der Waals surface area contributed by atoms with Gasteiger partial charge in [0.15, 0.2) is 5.60 Å². The van der Waals surface area contributed by atoms with Crippen molar-refractivity contribution in [3.63, 3.8) is 0 Å². The van der Waals surface area contributed by atoms with Crippen LogP contribution in [-0.2, 0) is 14.3 Å². The van der Waals surface area contributed by atoms with E-state index in [1.165, 1.54) is 38.5 Å². The van der Waals surface area contributed by atoms with Gasteiger partial charge < -0.3 is 14.6 Å². The van der Waals surface area contributed by atoms with Crippen LogP contribution in [0.25, 0.3) is 0 Å². The van der Waals surface area contributed by atoms with E-state index in [1.54, 1.807) is 0 Å². The summed E-state index contributed by atoms with van der Waals surface area (Å²) >= 11 is 0. The molecule has 194 valence electrons. The fraction of sp³-hybridized carbons (Fsp3) is 0.900. The molecule has 0 spiro atoms. The van der Waals surface area contributed by atoms with Gasteiger partial charge in [-0.3, -0.25) is 4.79 Å². The number of unbranched alkanes of at least 4 members (excludes halogenated alkanes) is 3. The number of hydrogen-bond donors (Lipinski definition) is 1. The van der Waals surface area contributed by atoms with Gasteiger partial charge in [0.1, 0.15) is 0 Å². The van der Waals surface area contributed by atoms with Crippen LogP contribution in [0.4, 0.5) is 0 Å². The number of hydrogen-bond acceptors (Lipinski definition) is 4. The molecule has 4 nitrogen and oxygen atoms in total. The lowest BCUT2D eigenvalue weighted by Crippen LogP contribution is -2.41.